The van der Waals surface area contributed by atoms with E-state index in [0.717, 1.165) is 67.8 Å². The van der Waals surface area contributed by atoms with Gasteiger partial charge in [0.25, 0.3) is 0 Å². The summed E-state index contributed by atoms with van der Waals surface area (Å²) >= 11 is 0. The Kier molecular flexibility index (Phi) is 5.32. The Labute approximate surface area is 165 Å². The summed E-state index contributed by atoms with van der Waals surface area (Å²) in [5.41, 5.74) is 8.38. The van der Waals surface area contributed by atoms with Crippen LogP contribution >= 0.6 is 0 Å². The van der Waals surface area contributed by atoms with Crippen molar-refractivity contribution in [2.24, 2.45) is 33.4 Å². The summed E-state index contributed by atoms with van der Waals surface area (Å²) in [5.74, 6) is 7.90. The van der Waals surface area contributed by atoms with Gasteiger partial charge in [-0.15, -0.1) is 0 Å². The van der Waals surface area contributed by atoms with Crippen LogP contribution in [0.3, 0.4) is 0 Å². The van der Waals surface area contributed by atoms with E-state index in [0.29, 0.717) is 17.9 Å². The molecule has 8 nitrogen and oxygen atoms in total. The molecule has 2 aliphatic carbocycles. The van der Waals surface area contributed by atoms with E-state index < -0.39 is 0 Å². The Hall–Kier alpha value is -2.45. The van der Waals surface area contributed by atoms with Crippen LogP contribution in [-0.4, -0.2) is 53.0 Å². The molecule has 1 aliphatic heterocycles. The molecule has 0 atom stereocenters. The first kappa shape index (κ1) is 18.9. The summed E-state index contributed by atoms with van der Waals surface area (Å²) in [6.45, 7) is 4.76. The molecule has 8 heteroatoms. The van der Waals surface area contributed by atoms with Crippen molar-refractivity contribution >= 4 is 30.5 Å². The number of hydrogen-bond acceptors (Lipinski definition) is 6. The van der Waals surface area contributed by atoms with Crippen molar-refractivity contribution < 1.29 is 4.79 Å². The highest BCUT2D eigenvalue weighted by Gasteiger charge is 2.35. The Morgan fingerprint density at radius 1 is 1.32 bits per heavy atom. The van der Waals surface area contributed by atoms with Gasteiger partial charge >= 0.3 is 0 Å². The number of carbonyl (C=O) groups is 1. The molecule has 0 bridgehead atoms. The zero-order valence-electron chi connectivity index (χ0n) is 16.2. The number of aromatic nitrogens is 1. The standard InChI is InChI=1S/C20H29N7O/c1-23-18(19-16-8-9-24-20(16)25-12-27(19)22)14-4-2-13(3-5-14)11-26(15-6-7-15)17(28)10-21/h8-9,12-15,24H,1-7,10-11,21-22H2/b19-18-. The fourth-order valence-electron chi connectivity index (χ4n) is 4.50. The number of carbonyl (C=O) groups excluding carboxylic acids is 1. The average Bonchev–Trinajstić information content (AvgIpc) is 3.45. The van der Waals surface area contributed by atoms with Crippen LogP contribution in [0, 0.1) is 11.8 Å². The van der Waals surface area contributed by atoms with Gasteiger partial charge < -0.3 is 15.6 Å². The number of amides is 1. The third kappa shape index (κ3) is 3.62. The first-order valence-corrected chi connectivity index (χ1v) is 10.1. The van der Waals surface area contributed by atoms with E-state index >= 15 is 0 Å². The van der Waals surface area contributed by atoms with Gasteiger partial charge in [0.15, 0.2) is 0 Å². The molecule has 0 unspecified atom stereocenters. The Morgan fingerprint density at radius 3 is 2.71 bits per heavy atom. The van der Waals surface area contributed by atoms with Crippen LogP contribution in [0.4, 0.5) is 5.82 Å². The van der Waals surface area contributed by atoms with Crippen LogP contribution in [0.15, 0.2) is 27.9 Å². The maximum atomic E-state index is 12.2. The van der Waals surface area contributed by atoms with Gasteiger partial charge in [-0.2, -0.15) is 0 Å². The lowest BCUT2D eigenvalue weighted by molar-refractivity contribution is -0.131. The minimum Gasteiger partial charge on any atom is -0.346 e. The number of nitrogens with one attached hydrogen (secondary N) is 1. The van der Waals surface area contributed by atoms with Gasteiger partial charge in [-0.1, -0.05) is 0 Å². The highest BCUT2D eigenvalue weighted by molar-refractivity contribution is 5.87. The molecule has 5 N–H and O–H groups in total. The lowest BCUT2D eigenvalue weighted by Crippen LogP contribution is -2.41. The number of allylic oxidation sites excluding steroid dienone is 1. The van der Waals surface area contributed by atoms with Crippen LogP contribution < -0.4 is 11.6 Å². The number of hydrogen-bond donors (Lipinski definition) is 3. The second-order valence-electron chi connectivity index (χ2n) is 7.98. The van der Waals surface area contributed by atoms with Crippen LogP contribution in [0.5, 0.6) is 0 Å². The lowest BCUT2D eigenvalue weighted by Gasteiger charge is -2.34. The average molecular weight is 384 g/mol. The van der Waals surface area contributed by atoms with Crippen LogP contribution in [0.2, 0.25) is 0 Å². The summed E-state index contributed by atoms with van der Waals surface area (Å²) in [7, 11) is 0. The summed E-state index contributed by atoms with van der Waals surface area (Å²) in [6.07, 6.45) is 9.87. The van der Waals surface area contributed by atoms with Gasteiger partial charge in [-0.05, 0) is 57.2 Å². The SMILES string of the molecule is C=N/C(=C1/c2cc[nH]c2N=CN1N)C1CCC(CN(C(=O)CN)C2CC2)CC1. The second-order valence-corrected chi connectivity index (χ2v) is 7.98. The first-order chi connectivity index (χ1) is 13.6. The molecule has 0 spiro atoms. The number of rotatable bonds is 6. The molecule has 0 aromatic carbocycles. The molecule has 0 saturated heterocycles. The molecule has 2 heterocycles. The number of nitrogens with zero attached hydrogens (tertiary/aromatic N) is 4. The number of hydrazine groups is 1. The second kappa shape index (κ2) is 7.89. The van der Waals surface area contributed by atoms with Gasteiger partial charge in [0.2, 0.25) is 5.91 Å². The smallest absolute Gasteiger partial charge is 0.236 e. The van der Waals surface area contributed by atoms with Crippen LogP contribution in [-0.2, 0) is 4.79 Å². The summed E-state index contributed by atoms with van der Waals surface area (Å²) in [6, 6.07) is 2.39. The van der Waals surface area contributed by atoms with Crippen molar-refractivity contribution in [3.63, 3.8) is 0 Å². The number of H-pyrrole nitrogens is 1. The summed E-state index contributed by atoms with van der Waals surface area (Å²) in [5, 5.41) is 1.54. The Balaban J connectivity index is 1.46. The zero-order valence-corrected chi connectivity index (χ0v) is 16.2. The highest BCUT2D eigenvalue weighted by Crippen LogP contribution is 2.41. The van der Waals surface area contributed by atoms with Gasteiger partial charge in [0, 0.05) is 30.3 Å². The van der Waals surface area contributed by atoms with Gasteiger partial charge in [-0.25, -0.2) is 10.8 Å². The maximum absolute atomic E-state index is 12.2. The molecule has 2 saturated carbocycles. The van der Waals surface area contributed by atoms with Crippen LogP contribution in [0.1, 0.15) is 44.1 Å². The van der Waals surface area contributed by atoms with Crippen molar-refractivity contribution in [3.05, 3.63) is 23.5 Å². The number of aliphatic imine (C=N–C) groups is 2. The van der Waals surface area contributed by atoms with Crippen molar-refractivity contribution in [1.29, 1.82) is 0 Å². The topological polar surface area (TPSA) is 116 Å². The van der Waals surface area contributed by atoms with E-state index in [4.69, 9.17) is 11.6 Å². The summed E-state index contributed by atoms with van der Waals surface area (Å²) < 4.78 is 0. The maximum Gasteiger partial charge on any atom is 0.236 e. The van der Waals surface area contributed by atoms with Gasteiger partial charge in [-0.3, -0.25) is 14.8 Å². The van der Waals surface area contributed by atoms with E-state index in [2.05, 4.69) is 21.7 Å². The molecule has 3 aliphatic rings. The molecule has 1 aromatic heterocycles. The number of nitrogens with two attached hydrogens (primary N) is 2. The summed E-state index contributed by atoms with van der Waals surface area (Å²) in [4.78, 5) is 26.0. The quantitative estimate of drug-likeness (QED) is 0.514. The molecule has 1 aromatic rings. The van der Waals surface area contributed by atoms with E-state index in [1.54, 1.807) is 11.3 Å². The Morgan fingerprint density at radius 2 is 2.07 bits per heavy atom. The largest absolute Gasteiger partial charge is 0.346 e. The van der Waals surface area contributed by atoms with Crippen LogP contribution in [0.25, 0.3) is 5.70 Å². The number of fused-ring (bicyclic) bond motifs is 1. The highest BCUT2D eigenvalue weighted by atomic mass is 16.2. The van der Waals surface area contributed by atoms with Crippen molar-refractivity contribution in [1.82, 2.24) is 14.9 Å². The molecule has 4 rings (SSSR count). The third-order valence-electron chi connectivity index (χ3n) is 6.13. The van der Waals surface area contributed by atoms with Crippen molar-refractivity contribution in [3.8, 4) is 0 Å². The molecule has 2 fully saturated rings. The van der Waals surface area contributed by atoms with E-state index in [-0.39, 0.29) is 12.5 Å². The predicted molar refractivity (Wildman–Crippen MR) is 111 cm³/mol. The fraction of sp³-hybridized carbons (Fsp3) is 0.550. The lowest BCUT2D eigenvalue weighted by atomic mass is 9.79. The molecular formula is C20H29N7O. The molecule has 28 heavy (non-hydrogen) atoms. The fourth-order valence-corrected chi connectivity index (χ4v) is 4.50. The van der Waals surface area contributed by atoms with E-state index in [1.807, 2.05) is 17.2 Å². The monoisotopic (exact) mass is 383 g/mol. The minimum atomic E-state index is 0.0837. The van der Waals surface area contributed by atoms with Crippen molar-refractivity contribution in [2.45, 2.75) is 44.6 Å². The third-order valence-corrected chi connectivity index (χ3v) is 6.13. The first-order valence-electron chi connectivity index (χ1n) is 10.1. The minimum absolute atomic E-state index is 0.0837. The molecule has 0 radical (unpaired) electrons. The van der Waals surface area contributed by atoms with Crippen molar-refractivity contribution in [2.75, 3.05) is 13.1 Å². The zero-order chi connectivity index (χ0) is 19.7. The Bertz CT molecular complexity index is 799. The molecular weight excluding hydrogens is 354 g/mol. The van der Waals surface area contributed by atoms with E-state index in [1.165, 1.54) is 0 Å². The van der Waals surface area contributed by atoms with Gasteiger partial charge in [0.05, 0.1) is 17.9 Å². The number of aromatic amines is 1. The normalized spacial score (nSPS) is 26.0. The molecule has 150 valence electrons. The van der Waals surface area contributed by atoms with Gasteiger partial charge in [0.1, 0.15) is 12.2 Å². The predicted octanol–water partition coefficient (Wildman–Crippen LogP) is 1.99. The van der Waals surface area contributed by atoms with E-state index in [9.17, 15) is 4.79 Å². The molecule has 1 amide bonds.